The Bertz CT molecular complexity index is 475. The number of hydrogen-bond donors (Lipinski definition) is 2. The Hall–Kier alpha value is -1.11. The fourth-order valence-electron chi connectivity index (χ4n) is 1.58. The summed E-state index contributed by atoms with van der Waals surface area (Å²) in [7, 11) is -1.85. The Morgan fingerprint density at radius 1 is 1.32 bits per heavy atom. The van der Waals surface area contributed by atoms with Crippen molar-refractivity contribution in [1.29, 1.82) is 0 Å². The van der Waals surface area contributed by atoms with Gasteiger partial charge in [-0.05, 0) is 30.7 Å². The van der Waals surface area contributed by atoms with Crippen LogP contribution in [0.25, 0.3) is 0 Å². The van der Waals surface area contributed by atoms with Gasteiger partial charge in [0, 0.05) is 19.3 Å². The topological polar surface area (TPSA) is 67.4 Å². The van der Waals surface area contributed by atoms with Crippen molar-refractivity contribution in [3.8, 4) is 0 Å². The maximum absolute atomic E-state index is 11.7. The summed E-state index contributed by atoms with van der Waals surface area (Å²) < 4.78 is 30.8. The molecular weight excluding hydrogens is 264 g/mol. The van der Waals surface area contributed by atoms with E-state index in [-0.39, 0.29) is 12.4 Å². The second-order valence-electron chi connectivity index (χ2n) is 4.29. The second kappa shape index (κ2) is 8.14. The molecule has 0 atom stereocenters. The Morgan fingerprint density at radius 3 is 2.79 bits per heavy atom. The first-order chi connectivity index (χ1) is 9.07. The Balaban J connectivity index is 2.61. The Morgan fingerprint density at radius 2 is 2.11 bits per heavy atom. The van der Waals surface area contributed by atoms with Gasteiger partial charge in [0.25, 0.3) is 0 Å². The van der Waals surface area contributed by atoms with Crippen LogP contribution in [0.4, 0.5) is 5.69 Å². The monoisotopic (exact) mass is 286 g/mol. The molecule has 0 bridgehead atoms. The Kier molecular flexibility index (Phi) is 6.83. The van der Waals surface area contributed by atoms with Crippen molar-refractivity contribution in [1.82, 2.24) is 5.32 Å². The zero-order valence-electron chi connectivity index (χ0n) is 11.5. The molecule has 0 saturated carbocycles. The van der Waals surface area contributed by atoms with Crippen LogP contribution in [0.15, 0.2) is 24.3 Å². The lowest BCUT2D eigenvalue weighted by Crippen LogP contribution is -2.20. The molecule has 0 saturated heterocycles. The molecule has 0 aliphatic rings. The van der Waals surface area contributed by atoms with E-state index in [1.807, 2.05) is 18.2 Å². The molecule has 108 valence electrons. The van der Waals surface area contributed by atoms with Crippen molar-refractivity contribution in [2.75, 3.05) is 30.7 Å². The first kappa shape index (κ1) is 15.9. The van der Waals surface area contributed by atoms with E-state index in [9.17, 15) is 8.42 Å². The number of hydrogen-bond acceptors (Lipinski definition) is 4. The summed E-state index contributed by atoms with van der Waals surface area (Å²) >= 11 is 0. The minimum atomic E-state index is -3.33. The maximum Gasteiger partial charge on any atom is 0.234 e. The van der Waals surface area contributed by atoms with Gasteiger partial charge in [0.2, 0.25) is 10.0 Å². The normalized spacial score (nSPS) is 11.5. The van der Waals surface area contributed by atoms with Crippen LogP contribution in [0.5, 0.6) is 0 Å². The van der Waals surface area contributed by atoms with Crippen molar-refractivity contribution in [3.63, 3.8) is 0 Å². The lowest BCUT2D eigenvalue weighted by atomic mass is 10.2. The van der Waals surface area contributed by atoms with E-state index in [0.29, 0.717) is 5.69 Å². The number of methoxy groups -OCH3 is 1. The molecule has 0 heterocycles. The highest BCUT2D eigenvalue weighted by Crippen LogP contribution is 2.12. The lowest BCUT2D eigenvalue weighted by molar-refractivity contribution is 0.217. The van der Waals surface area contributed by atoms with E-state index in [2.05, 4.69) is 17.0 Å². The van der Waals surface area contributed by atoms with Gasteiger partial charge in [0.05, 0.1) is 12.4 Å². The van der Waals surface area contributed by atoms with Crippen molar-refractivity contribution >= 4 is 15.7 Å². The predicted molar refractivity (Wildman–Crippen MR) is 77.7 cm³/mol. The molecule has 0 amide bonds. The molecule has 0 unspecified atom stereocenters. The van der Waals surface area contributed by atoms with Crippen molar-refractivity contribution in [2.45, 2.75) is 19.9 Å². The summed E-state index contributed by atoms with van der Waals surface area (Å²) in [4.78, 5) is 0. The SMILES string of the molecule is CCCNCc1cccc(NS(=O)(=O)CCOC)c1. The van der Waals surface area contributed by atoms with Crippen LogP contribution in [0.1, 0.15) is 18.9 Å². The summed E-state index contributed by atoms with van der Waals surface area (Å²) in [5.41, 5.74) is 1.65. The highest BCUT2D eigenvalue weighted by atomic mass is 32.2. The van der Waals surface area contributed by atoms with Crippen LogP contribution < -0.4 is 10.0 Å². The molecule has 6 heteroatoms. The van der Waals surface area contributed by atoms with Crippen LogP contribution in [-0.4, -0.2) is 34.4 Å². The van der Waals surface area contributed by atoms with Crippen molar-refractivity contribution < 1.29 is 13.2 Å². The highest BCUT2D eigenvalue weighted by Gasteiger charge is 2.09. The Labute approximate surface area is 115 Å². The van der Waals surface area contributed by atoms with Gasteiger partial charge in [-0.2, -0.15) is 0 Å². The molecule has 0 fully saturated rings. The third-order valence-electron chi connectivity index (χ3n) is 2.51. The average molecular weight is 286 g/mol. The van der Waals surface area contributed by atoms with E-state index in [1.54, 1.807) is 6.07 Å². The van der Waals surface area contributed by atoms with Gasteiger partial charge in [0.1, 0.15) is 0 Å². The molecule has 0 radical (unpaired) electrons. The van der Waals surface area contributed by atoms with Crippen LogP contribution in [0, 0.1) is 0 Å². The highest BCUT2D eigenvalue weighted by molar-refractivity contribution is 7.92. The molecule has 0 aromatic heterocycles. The summed E-state index contributed by atoms with van der Waals surface area (Å²) in [5, 5.41) is 3.28. The minimum absolute atomic E-state index is 0.0399. The first-order valence-electron chi connectivity index (χ1n) is 6.36. The maximum atomic E-state index is 11.7. The second-order valence-corrected chi connectivity index (χ2v) is 6.13. The number of rotatable bonds is 9. The summed E-state index contributed by atoms with van der Waals surface area (Å²) in [6.07, 6.45) is 1.07. The van der Waals surface area contributed by atoms with E-state index < -0.39 is 10.0 Å². The number of benzene rings is 1. The van der Waals surface area contributed by atoms with Gasteiger partial charge >= 0.3 is 0 Å². The molecule has 19 heavy (non-hydrogen) atoms. The molecule has 0 aliphatic heterocycles. The molecule has 2 N–H and O–H groups in total. The number of nitrogens with one attached hydrogen (secondary N) is 2. The van der Waals surface area contributed by atoms with E-state index in [4.69, 9.17) is 4.74 Å². The van der Waals surface area contributed by atoms with Gasteiger partial charge in [0.15, 0.2) is 0 Å². The number of sulfonamides is 1. The largest absolute Gasteiger partial charge is 0.384 e. The third kappa shape index (κ3) is 6.56. The van der Waals surface area contributed by atoms with Crippen molar-refractivity contribution in [3.05, 3.63) is 29.8 Å². The van der Waals surface area contributed by atoms with E-state index in [0.717, 1.165) is 25.1 Å². The standard InChI is InChI=1S/C13H22N2O3S/c1-3-7-14-11-12-5-4-6-13(10-12)15-19(16,17)9-8-18-2/h4-6,10,14-15H,3,7-9,11H2,1-2H3. The minimum Gasteiger partial charge on any atom is -0.384 e. The molecule has 1 rings (SSSR count). The van der Waals surface area contributed by atoms with Crippen LogP contribution in [0.3, 0.4) is 0 Å². The predicted octanol–water partition coefficient (Wildman–Crippen LogP) is 1.57. The van der Waals surface area contributed by atoms with E-state index >= 15 is 0 Å². The van der Waals surface area contributed by atoms with Crippen LogP contribution in [0.2, 0.25) is 0 Å². The smallest absolute Gasteiger partial charge is 0.234 e. The molecule has 0 aliphatic carbocycles. The third-order valence-corrected chi connectivity index (χ3v) is 3.76. The van der Waals surface area contributed by atoms with Crippen LogP contribution >= 0.6 is 0 Å². The van der Waals surface area contributed by atoms with Gasteiger partial charge in [-0.15, -0.1) is 0 Å². The lowest BCUT2D eigenvalue weighted by Gasteiger charge is -2.09. The van der Waals surface area contributed by atoms with E-state index in [1.165, 1.54) is 7.11 Å². The first-order valence-corrected chi connectivity index (χ1v) is 8.01. The fraction of sp³-hybridized carbons (Fsp3) is 0.538. The van der Waals surface area contributed by atoms with Gasteiger partial charge < -0.3 is 10.1 Å². The number of anilines is 1. The number of ether oxygens (including phenoxy) is 1. The van der Waals surface area contributed by atoms with Crippen LogP contribution in [-0.2, 0) is 21.3 Å². The van der Waals surface area contributed by atoms with Crippen molar-refractivity contribution in [2.24, 2.45) is 0 Å². The summed E-state index contributed by atoms with van der Waals surface area (Å²) in [6, 6.07) is 7.40. The molecule has 1 aromatic carbocycles. The fourth-order valence-corrected chi connectivity index (χ4v) is 2.55. The zero-order chi connectivity index (χ0) is 14.1. The molecule has 0 spiro atoms. The summed E-state index contributed by atoms with van der Waals surface area (Å²) in [6.45, 7) is 3.98. The van der Waals surface area contributed by atoms with Gasteiger partial charge in [-0.3, -0.25) is 4.72 Å². The quantitative estimate of drug-likeness (QED) is 0.676. The molecule has 5 nitrogen and oxygen atoms in total. The summed E-state index contributed by atoms with van der Waals surface area (Å²) in [5.74, 6) is -0.0399. The van der Waals surface area contributed by atoms with Gasteiger partial charge in [-0.1, -0.05) is 19.1 Å². The average Bonchev–Trinajstić information content (AvgIpc) is 2.37. The van der Waals surface area contributed by atoms with Gasteiger partial charge in [-0.25, -0.2) is 8.42 Å². The molecular formula is C13H22N2O3S. The molecule has 1 aromatic rings. The zero-order valence-corrected chi connectivity index (χ0v) is 12.3.